The van der Waals surface area contributed by atoms with Crippen molar-refractivity contribution >= 4 is 6.09 Å². The van der Waals surface area contributed by atoms with Gasteiger partial charge in [0.2, 0.25) is 0 Å². The van der Waals surface area contributed by atoms with Gasteiger partial charge < -0.3 is 15.4 Å². The van der Waals surface area contributed by atoms with Gasteiger partial charge in [0.1, 0.15) is 5.60 Å². The second kappa shape index (κ2) is 9.29. The zero-order valence-corrected chi connectivity index (χ0v) is 15.1. The van der Waals surface area contributed by atoms with Gasteiger partial charge in [-0.15, -0.1) is 0 Å². The monoisotopic (exact) mass is 300 g/mol. The van der Waals surface area contributed by atoms with Gasteiger partial charge in [0, 0.05) is 12.1 Å². The number of carbonyl (C=O) groups excluding carboxylic acids is 1. The highest BCUT2D eigenvalue weighted by Crippen LogP contribution is 2.16. The molecule has 4 heteroatoms. The molecule has 2 N–H and O–H groups in total. The molecule has 1 amide bonds. The Kier molecular flexibility index (Phi) is 8.95. The Morgan fingerprint density at radius 1 is 1.14 bits per heavy atom. The number of nitrogens with one attached hydrogen (secondary N) is 2. The van der Waals surface area contributed by atoms with Crippen molar-refractivity contribution in [1.29, 1.82) is 0 Å². The molecule has 0 aliphatic heterocycles. The van der Waals surface area contributed by atoms with Gasteiger partial charge in [-0.2, -0.15) is 0 Å². The van der Waals surface area contributed by atoms with Crippen LogP contribution in [0.4, 0.5) is 4.79 Å². The summed E-state index contributed by atoms with van der Waals surface area (Å²) in [5.41, 5.74) is -0.493. The summed E-state index contributed by atoms with van der Waals surface area (Å²) in [6.45, 7) is 16.1. The summed E-state index contributed by atoms with van der Waals surface area (Å²) in [7, 11) is 0. The van der Waals surface area contributed by atoms with Gasteiger partial charge >= 0.3 is 6.09 Å². The average Bonchev–Trinajstić information content (AvgIpc) is 2.38. The molecule has 0 saturated carbocycles. The maximum Gasteiger partial charge on any atom is 0.407 e. The zero-order valence-electron chi connectivity index (χ0n) is 15.1. The highest BCUT2D eigenvalue weighted by molar-refractivity contribution is 5.67. The molecular weight excluding hydrogens is 264 g/mol. The highest BCUT2D eigenvalue weighted by Gasteiger charge is 2.27. The molecule has 0 rings (SSSR count). The summed E-state index contributed by atoms with van der Waals surface area (Å²) < 4.78 is 5.31. The maximum absolute atomic E-state index is 11.8. The lowest BCUT2D eigenvalue weighted by Crippen LogP contribution is -2.54. The van der Waals surface area contributed by atoms with Crippen LogP contribution in [-0.2, 0) is 4.74 Å². The van der Waals surface area contributed by atoms with Crippen LogP contribution < -0.4 is 10.6 Å². The van der Waals surface area contributed by atoms with Crippen LogP contribution in [0.2, 0.25) is 0 Å². The normalized spacial score (nSPS) is 13.9. The third kappa shape index (κ3) is 8.97. The first-order valence-corrected chi connectivity index (χ1v) is 8.40. The molecule has 1 unspecified atom stereocenters. The van der Waals surface area contributed by atoms with Gasteiger partial charge in [-0.1, -0.05) is 34.1 Å². The molecule has 0 bridgehead atoms. The van der Waals surface area contributed by atoms with Gasteiger partial charge in [0.25, 0.3) is 0 Å². The van der Waals surface area contributed by atoms with E-state index in [0.717, 1.165) is 19.4 Å². The second-order valence-electron chi connectivity index (χ2n) is 7.12. The molecule has 126 valence electrons. The van der Waals surface area contributed by atoms with E-state index in [1.807, 2.05) is 20.8 Å². The van der Waals surface area contributed by atoms with E-state index >= 15 is 0 Å². The van der Waals surface area contributed by atoms with Gasteiger partial charge in [-0.05, 0) is 52.5 Å². The number of hydrogen-bond acceptors (Lipinski definition) is 3. The molecule has 0 fully saturated rings. The summed E-state index contributed by atoms with van der Waals surface area (Å²) in [6.07, 6.45) is 4.08. The van der Waals surface area contributed by atoms with E-state index in [0.29, 0.717) is 12.5 Å². The summed E-state index contributed by atoms with van der Waals surface area (Å²) in [4.78, 5) is 11.8. The van der Waals surface area contributed by atoms with E-state index in [1.165, 1.54) is 12.8 Å². The van der Waals surface area contributed by atoms with Crippen LogP contribution in [0.3, 0.4) is 0 Å². The van der Waals surface area contributed by atoms with E-state index in [2.05, 4.69) is 38.3 Å². The van der Waals surface area contributed by atoms with E-state index in [1.54, 1.807) is 0 Å². The molecule has 21 heavy (non-hydrogen) atoms. The Morgan fingerprint density at radius 3 is 2.14 bits per heavy atom. The first kappa shape index (κ1) is 20.2. The minimum absolute atomic E-state index is 0.0428. The van der Waals surface area contributed by atoms with Gasteiger partial charge in [0.15, 0.2) is 0 Å². The van der Waals surface area contributed by atoms with Gasteiger partial charge in [0.05, 0.1) is 0 Å². The lowest BCUT2D eigenvalue weighted by atomic mass is 9.91. The zero-order chi connectivity index (χ0) is 16.5. The van der Waals surface area contributed by atoms with Crippen molar-refractivity contribution in [3.63, 3.8) is 0 Å². The summed E-state index contributed by atoms with van der Waals surface area (Å²) in [6, 6.07) is 0. The lowest BCUT2D eigenvalue weighted by Gasteiger charge is -2.35. The molecule has 1 atom stereocenters. The van der Waals surface area contributed by atoms with Crippen molar-refractivity contribution in [3.8, 4) is 0 Å². The van der Waals surface area contributed by atoms with Gasteiger partial charge in [-0.3, -0.25) is 0 Å². The Hall–Kier alpha value is -0.770. The number of rotatable bonds is 9. The van der Waals surface area contributed by atoms with E-state index < -0.39 is 5.60 Å². The fourth-order valence-electron chi connectivity index (χ4n) is 2.35. The molecule has 0 saturated heterocycles. The van der Waals surface area contributed by atoms with Crippen molar-refractivity contribution < 1.29 is 9.53 Å². The summed E-state index contributed by atoms with van der Waals surface area (Å²) in [5, 5.41) is 6.58. The van der Waals surface area contributed by atoms with Gasteiger partial charge in [-0.25, -0.2) is 4.79 Å². The Labute approximate surface area is 131 Å². The molecule has 0 radical (unpaired) electrons. The SMILES string of the molecule is CCCC(C)CNC(CC)(CC)CNC(=O)OC(C)(C)C. The van der Waals surface area contributed by atoms with Crippen LogP contribution in [0.5, 0.6) is 0 Å². The standard InChI is InChI=1S/C17H36N2O2/c1-8-11-14(4)12-19-17(9-2,10-3)13-18-15(20)21-16(5,6)7/h14,19H,8-13H2,1-7H3,(H,18,20). The average molecular weight is 300 g/mol. The van der Waals surface area contributed by atoms with Crippen LogP contribution in [-0.4, -0.2) is 30.3 Å². The summed E-state index contributed by atoms with van der Waals surface area (Å²) in [5.74, 6) is 0.661. The number of amides is 1. The van der Waals surface area contributed by atoms with Crippen LogP contribution in [0, 0.1) is 5.92 Å². The Bertz CT molecular complexity index is 294. The van der Waals surface area contributed by atoms with Crippen LogP contribution in [0.1, 0.15) is 74.1 Å². The minimum Gasteiger partial charge on any atom is -0.444 e. The third-order valence-electron chi connectivity index (χ3n) is 3.93. The van der Waals surface area contributed by atoms with Crippen molar-refractivity contribution in [2.24, 2.45) is 5.92 Å². The topological polar surface area (TPSA) is 50.4 Å². The molecule has 0 aromatic carbocycles. The van der Waals surface area contributed by atoms with Crippen LogP contribution in [0.15, 0.2) is 0 Å². The number of ether oxygens (including phenoxy) is 1. The Morgan fingerprint density at radius 2 is 1.71 bits per heavy atom. The number of carbonyl (C=O) groups is 1. The van der Waals surface area contributed by atoms with Crippen molar-refractivity contribution in [1.82, 2.24) is 10.6 Å². The van der Waals surface area contributed by atoms with Crippen LogP contribution in [0.25, 0.3) is 0 Å². The molecule has 0 aromatic rings. The molecule has 0 heterocycles. The summed E-state index contributed by atoms with van der Waals surface area (Å²) >= 11 is 0. The third-order valence-corrected chi connectivity index (χ3v) is 3.93. The molecule has 0 aromatic heterocycles. The van der Waals surface area contributed by atoms with Crippen molar-refractivity contribution in [2.45, 2.75) is 85.3 Å². The number of hydrogen-bond donors (Lipinski definition) is 2. The van der Waals surface area contributed by atoms with E-state index in [4.69, 9.17) is 4.74 Å². The highest BCUT2D eigenvalue weighted by atomic mass is 16.6. The predicted molar refractivity (Wildman–Crippen MR) is 89.6 cm³/mol. The quantitative estimate of drug-likeness (QED) is 0.674. The van der Waals surface area contributed by atoms with Crippen LogP contribution >= 0.6 is 0 Å². The maximum atomic E-state index is 11.8. The first-order valence-electron chi connectivity index (χ1n) is 8.40. The molecular formula is C17H36N2O2. The molecule has 0 aliphatic rings. The predicted octanol–water partition coefficient (Wildman–Crippen LogP) is 4.10. The van der Waals surface area contributed by atoms with E-state index in [-0.39, 0.29) is 11.6 Å². The fourth-order valence-corrected chi connectivity index (χ4v) is 2.35. The second-order valence-corrected chi connectivity index (χ2v) is 7.12. The van der Waals surface area contributed by atoms with E-state index in [9.17, 15) is 4.79 Å². The molecule has 0 spiro atoms. The minimum atomic E-state index is -0.450. The fraction of sp³-hybridized carbons (Fsp3) is 0.941. The largest absolute Gasteiger partial charge is 0.444 e. The lowest BCUT2D eigenvalue weighted by molar-refractivity contribution is 0.0506. The molecule has 0 aliphatic carbocycles. The first-order chi connectivity index (χ1) is 9.68. The number of alkyl carbamates (subject to hydrolysis) is 1. The molecule has 4 nitrogen and oxygen atoms in total. The van der Waals surface area contributed by atoms with Crippen molar-refractivity contribution in [2.75, 3.05) is 13.1 Å². The smallest absolute Gasteiger partial charge is 0.407 e. The Balaban J connectivity index is 4.42. The van der Waals surface area contributed by atoms with Crippen molar-refractivity contribution in [3.05, 3.63) is 0 Å².